The normalized spacial score (nSPS) is 14.2. The van der Waals surface area contributed by atoms with Crippen LogP contribution in [0.2, 0.25) is 0 Å². The lowest BCUT2D eigenvalue weighted by atomic mass is 9.99. The number of esters is 4. The second kappa shape index (κ2) is 73.8. The molecule has 19 heteroatoms. The van der Waals surface area contributed by atoms with Crippen LogP contribution in [-0.2, 0) is 65.4 Å². The molecule has 0 spiro atoms. The van der Waals surface area contributed by atoms with Crippen LogP contribution in [0.15, 0.2) is 0 Å². The van der Waals surface area contributed by atoms with Crippen LogP contribution in [0.1, 0.15) is 441 Å². The first-order valence-electron chi connectivity index (χ1n) is 43.7. The van der Waals surface area contributed by atoms with E-state index in [2.05, 4.69) is 55.4 Å². The Bertz CT molecular complexity index is 2030. The number of aliphatic hydroxyl groups is 1. The van der Waals surface area contributed by atoms with Crippen molar-refractivity contribution in [2.45, 2.75) is 459 Å². The Kier molecular flexibility index (Phi) is 72.5. The lowest BCUT2D eigenvalue weighted by Crippen LogP contribution is -2.30. The van der Waals surface area contributed by atoms with Gasteiger partial charge in [-0.3, -0.25) is 37.3 Å². The number of rotatable bonds is 82. The van der Waals surface area contributed by atoms with Crippen molar-refractivity contribution >= 4 is 39.5 Å². The SMILES string of the molecule is CCC(C)CCCCCCCCCCCCCCCCCCCCC(=O)O[C@H](COC(=O)CCCCCCCCCC(C)C)COP(=O)(O)OCC(O)COP(=O)(O)OC[C@@H](COC(=O)CCCCCCCCCCCCC(C)C)OC(=O)CCCCCCCCCCCCCCCCCCC(C)C. The van der Waals surface area contributed by atoms with Gasteiger partial charge >= 0.3 is 39.5 Å². The molecule has 0 amide bonds. The van der Waals surface area contributed by atoms with Gasteiger partial charge in [-0.1, -0.05) is 389 Å². The Balaban J connectivity index is 5.19. The fraction of sp³-hybridized carbons (Fsp3) is 0.953. The molecule has 0 rings (SSSR count). The molecule has 0 fully saturated rings. The average molecular weight is 1520 g/mol. The van der Waals surface area contributed by atoms with Gasteiger partial charge in [0.05, 0.1) is 26.4 Å². The highest BCUT2D eigenvalue weighted by Gasteiger charge is 2.30. The average Bonchev–Trinajstić information content (AvgIpc) is 0.911. The number of aliphatic hydroxyl groups excluding tert-OH is 1. The summed E-state index contributed by atoms with van der Waals surface area (Å²) in [5, 5.41) is 10.7. The van der Waals surface area contributed by atoms with Gasteiger partial charge in [0.2, 0.25) is 0 Å². The molecular weight excluding hydrogens is 1350 g/mol. The van der Waals surface area contributed by atoms with Crippen molar-refractivity contribution < 1.29 is 80.2 Å². The third-order valence-electron chi connectivity index (χ3n) is 20.2. The smallest absolute Gasteiger partial charge is 0.462 e. The summed E-state index contributed by atoms with van der Waals surface area (Å²) < 4.78 is 68.8. The summed E-state index contributed by atoms with van der Waals surface area (Å²) >= 11 is 0. The zero-order chi connectivity index (χ0) is 76.7. The minimum atomic E-state index is -4.96. The highest BCUT2D eigenvalue weighted by Crippen LogP contribution is 2.45. The fourth-order valence-electron chi connectivity index (χ4n) is 13.1. The van der Waals surface area contributed by atoms with Crippen molar-refractivity contribution in [3.63, 3.8) is 0 Å². The monoisotopic (exact) mass is 1520 g/mol. The van der Waals surface area contributed by atoms with Gasteiger partial charge in [-0.25, -0.2) is 9.13 Å². The second-order valence-electron chi connectivity index (χ2n) is 32.2. The molecule has 618 valence electrons. The van der Waals surface area contributed by atoms with Gasteiger partial charge in [0.1, 0.15) is 19.3 Å². The molecule has 0 bridgehead atoms. The van der Waals surface area contributed by atoms with E-state index < -0.39 is 97.5 Å². The quantitative estimate of drug-likeness (QED) is 0.0222. The molecule has 0 saturated carbocycles. The maximum atomic E-state index is 13.1. The Hall–Kier alpha value is -1.94. The van der Waals surface area contributed by atoms with Crippen molar-refractivity contribution in [1.29, 1.82) is 0 Å². The maximum Gasteiger partial charge on any atom is 0.472 e. The van der Waals surface area contributed by atoms with Crippen LogP contribution in [0.5, 0.6) is 0 Å². The van der Waals surface area contributed by atoms with E-state index in [1.54, 1.807) is 0 Å². The van der Waals surface area contributed by atoms with Crippen LogP contribution >= 0.6 is 15.6 Å². The first-order chi connectivity index (χ1) is 50.1. The maximum absolute atomic E-state index is 13.1. The van der Waals surface area contributed by atoms with Gasteiger partial charge < -0.3 is 33.8 Å². The molecule has 0 aliphatic carbocycles. The summed E-state index contributed by atoms with van der Waals surface area (Å²) in [6.45, 7) is 14.3. The molecule has 6 atom stereocenters. The van der Waals surface area contributed by atoms with Crippen LogP contribution in [-0.4, -0.2) is 96.7 Å². The van der Waals surface area contributed by atoms with E-state index in [9.17, 15) is 43.2 Å². The molecule has 17 nitrogen and oxygen atoms in total. The molecule has 0 aliphatic rings. The predicted octanol–water partition coefficient (Wildman–Crippen LogP) is 25.6. The highest BCUT2D eigenvalue weighted by atomic mass is 31.2. The van der Waals surface area contributed by atoms with Gasteiger partial charge in [-0.05, 0) is 49.4 Å². The minimum absolute atomic E-state index is 0.107. The van der Waals surface area contributed by atoms with Crippen molar-refractivity contribution in [2.24, 2.45) is 23.7 Å². The number of carbonyl (C=O) groups is 4. The highest BCUT2D eigenvalue weighted by molar-refractivity contribution is 7.47. The number of phosphoric acid groups is 2. The Morgan fingerprint density at radius 3 is 0.683 bits per heavy atom. The number of carbonyl (C=O) groups excluding carboxylic acids is 4. The van der Waals surface area contributed by atoms with Crippen LogP contribution in [0.25, 0.3) is 0 Å². The van der Waals surface area contributed by atoms with E-state index in [1.165, 1.54) is 238 Å². The fourth-order valence-corrected chi connectivity index (χ4v) is 14.7. The summed E-state index contributed by atoms with van der Waals surface area (Å²) in [6.07, 6.45) is 62.6. The van der Waals surface area contributed by atoms with E-state index >= 15 is 0 Å². The summed E-state index contributed by atoms with van der Waals surface area (Å²) in [5.74, 6) is 1.03. The number of phosphoric ester groups is 2. The first-order valence-corrected chi connectivity index (χ1v) is 46.7. The van der Waals surface area contributed by atoms with Gasteiger partial charge in [-0.2, -0.15) is 0 Å². The topological polar surface area (TPSA) is 237 Å². The molecule has 4 unspecified atom stereocenters. The van der Waals surface area contributed by atoms with Crippen LogP contribution < -0.4 is 0 Å². The van der Waals surface area contributed by atoms with Crippen molar-refractivity contribution in [3.8, 4) is 0 Å². The van der Waals surface area contributed by atoms with Crippen LogP contribution in [0.3, 0.4) is 0 Å². The van der Waals surface area contributed by atoms with E-state index in [0.717, 1.165) is 114 Å². The van der Waals surface area contributed by atoms with Crippen molar-refractivity contribution in [1.82, 2.24) is 0 Å². The zero-order valence-electron chi connectivity index (χ0n) is 68.7. The molecule has 0 aromatic rings. The Morgan fingerprint density at radius 2 is 0.462 bits per heavy atom. The number of hydrogen-bond donors (Lipinski definition) is 3. The van der Waals surface area contributed by atoms with E-state index in [0.29, 0.717) is 31.6 Å². The third kappa shape index (κ3) is 76.8. The zero-order valence-corrected chi connectivity index (χ0v) is 70.5. The Morgan fingerprint density at radius 1 is 0.269 bits per heavy atom. The number of unbranched alkanes of at least 4 members (excludes halogenated alkanes) is 47. The standard InChI is InChI=1S/C85H166O17P2/c1-9-78(8)64-56-48-40-32-25-21-17-12-10-11-13-18-22-26-34-42-51-59-68-85(90)102-81(72-96-83(88)66-58-50-44-36-39-47-55-63-77(6)7)74-100-104(93,94)98-70-79(86)69-97-103(91,92)99-73-80(71-95-82(87)65-57-49-41-33-29-28-31-38-46-54-62-76(4)5)101-84(89)67-60-52-43-35-27-23-19-15-14-16-20-24-30-37-45-53-61-75(2)3/h75-81,86H,9-74H2,1-8H3,(H,91,92)(H,93,94)/t78?,79?,80-,81-/m1/s1. The van der Waals surface area contributed by atoms with Gasteiger partial charge in [0.25, 0.3) is 0 Å². The molecule has 0 aromatic heterocycles. The van der Waals surface area contributed by atoms with Crippen molar-refractivity contribution in [2.75, 3.05) is 39.6 Å². The van der Waals surface area contributed by atoms with E-state index in [4.69, 9.17) is 37.0 Å². The van der Waals surface area contributed by atoms with Gasteiger partial charge in [0, 0.05) is 25.7 Å². The van der Waals surface area contributed by atoms with Crippen LogP contribution in [0, 0.1) is 23.7 Å². The molecule has 0 aromatic carbocycles. The first kappa shape index (κ1) is 102. The Labute approximate surface area is 638 Å². The summed E-state index contributed by atoms with van der Waals surface area (Å²) in [7, 11) is -9.93. The largest absolute Gasteiger partial charge is 0.472 e. The van der Waals surface area contributed by atoms with E-state index in [-0.39, 0.29) is 25.7 Å². The van der Waals surface area contributed by atoms with Crippen LogP contribution in [0.4, 0.5) is 0 Å². The lowest BCUT2D eigenvalue weighted by Gasteiger charge is -2.21. The van der Waals surface area contributed by atoms with Gasteiger partial charge in [0.15, 0.2) is 12.2 Å². The van der Waals surface area contributed by atoms with E-state index in [1.807, 2.05) is 0 Å². The molecule has 0 heterocycles. The summed E-state index contributed by atoms with van der Waals surface area (Å²) in [5.41, 5.74) is 0. The minimum Gasteiger partial charge on any atom is -0.462 e. The predicted molar refractivity (Wildman–Crippen MR) is 428 cm³/mol. The molecule has 0 saturated heterocycles. The van der Waals surface area contributed by atoms with Crippen molar-refractivity contribution in [3.05, 3.63) is 0 Å². The molecular formula is C85H166O17P2. The molecule has 0 aliphatic heterocycles. The summed E-state index contributed by atoms with van der Waals surface area (Å²) in [4.78, 5) is 73.1. The number of hydrogen-bond acceptors (Lipinski definition) is 15. The molecule has 104 heavy (non-hydrogen) atoms. The second-order valence-corrected chi connectivity index (χ2v) is 35.2. The molecule has 3 N–H and O–H groups in total. The number of ether oxygens (including phenoxy) is 4. The third-order valence-corrected chi connectivity index (χ3v) is 22.1. The lowest BCUT2D eigenvalue weighted by molar-refractivity contribution is -0.161. The van der Waals surface area contributed by atoms with Gasteiger partial charge in [-0.15, -0.1) is 0 Å². The molecule has 0 radical (unpaired) electrons. The summed E-state index contributed by atoms with van der Waals surface area (Å²) in [6, 6.07) is 0.